The monoisotopic (exact) mass is 176 g/mol. The van der Waals surface area contributed by atoms with Crippen LogP contribution in [-0.2, 0) is 4.74 Å². The zero-order valence-electron chi connectivity index (χ0n) is 6.59. The third kappa shape index (κ3) is 7.05. The molecule has 5 heteroatoms. The molecular formula is C6H12N2O2S. The van der Waals surface area contributed by atoms with Crippen molar-refractivity contribution >= 4 is 23.3 Å². The molecule has 0 saturated carbocycles. The molecule has 0 unspecified atom stereocenters. The standard InChI is InChI=1S/C6H12N2O2S/c1-4(2)10-6(9)8-3-5(7)11/h4H,3H2,1-2H3,(H2,7,11)(H,8,9). The Labute approximate surface area is 71.1 Å². The van der Waals surface area contributed by atoms with Gasteiger partial charge in [-0.15, -0.1) is 0 Å². The van der Waals surface area contributed by atoms with E-state index in [9.17, 15) is 4.79 Å². The number of ether oxygens (including phenoxy) is 1. The molecule has 64 valence electrons. The summed E-state index contributed by atoms with van der Waals surface area (Å²) in [7, 11) is 0. The van der Waals surface area contributed by atoms with E-state index >= 15 is 0 Å². The van der Waals surface area contributed by atoms with Gasteiger partial charge in [-0.2, -0.15) is 0 Å². The topological polar surface area (TPSA) is 64.3 Å². The average molecular weight is 176 g/mol. The van der Waals surface area contributed by atoms with Crippen molar-refractivity contribution in [3.63, 3.8) is 0 Å². The van der Waals surface area contributed by atoms with E-state index in [2.05, 4.69) is 17.5 Å². The Balaban J connectivity index is 3.45. The van der Waals surface area contributed by atoms with Crippen molar-refractivity contribution in [3.8, 4) is 0 Å². The molecule has 0 aliphatic rings. The van der Waals surface area contributed by atoms with Crippen molar-refractivity contribution in [2.75, 3.05) is 6.54 Å². The minimum atomic E-state index is -0.493. The van der Waals surface area contributed by atoms with Gasteiger partial charge in [0.05, 0.1) is 17.6 Å². The summed E-state index contributed by atoms with van der Waals surface area (Å²) in [6.07, 6.45) is -0.617. The molecule has 3 N–H and O–H groups in total. The summed E-state index contributed by atoms with van der Waals surface area (Å²) in [6.45, 7) is 3.71. The SMILES string of the molecule is CC(C)OC(=O)NCC(N)=S. The maximum atomic E-state index is 10.7. The first-order chi connectivity index (χ1) is 5.02. The van der Waals surface area contributed by atoms with E-state index < -0.39 is 6.09 Å². The first kappa shape index (κ1) is 10.2. The van der Waals surface area contributed by atoms with Gasteiger partial charge in [-0.25, -0.2) is 4.79 Å². The summed E-state index contributed by atoms with van der Waals surface area (Å²) in [5.41, 5.74) is 5.13. The zero-order valence-corrected chi connectivity index (χ0v) is 7.40. The van der Waals surface area contributed by atoms with Crippen molar-refractivity contribution in [1.29, 1.82) is 0 Å². The summed E-state index contributed by atoms with van der Waals surface area (Å²) in [6, 6.07) is 0. The lowest BCUT2D eigenvalue weighted by Crippen LogP contribution is -2.33. The van der Waals surface area contributed by atoms with Gasteiger partial charge >= 0.3 is 6.09 Å². The van der Waals surface area contributed by atoms with E-state index in [1.807, 2.05) is 0 Å². The predicted molar refractivity (Wildman–Crippen MR) is 46.4 cm³/mol. The van der Waals surface area contributed by atoms with Crippen LogP contribution in [-0.4, -0.2) is 23.7 Å². The lowest BCUT2D eigenvalue weighted by Gasteiger charge is -2.08. The van der Waals surface area contributed by atoms with Gasteiger partial charge in [0.25, 0.3) is 0 Å². The number of hydrogen-bond donors (Lipinski definition) is 2. The molecule has 0 fully saturated rings. The Kier molecular flexibility index (Phi) is 4.52. The normalized spacial score (nSPS) is 9.36. The van der Waals surface area contributed by atoms with Crippen molar-refractivity contribution in [2.45, 2.75) is 20.0 Å². The highest BCUT2D eigenvalue weighted by atomic mass is 32.1. The number of nitrogens with one attached hydrogen (secondary N) is 1. The van der Waals surface area contributed by atoms with Crippen LogP contribution in [0.4, 0.5) is 4.79 Å². The second kappa shape index (κ2) is 4.90. The first-order valence-electron chi connectivity index (χ1n) is 3.25. The van der Waals surface area contributed by atoms with Gasteiger partial charge in [0, 0.05) is 0 Å². The second-order valence-electron chi connectivity index (χ2n) is 2.27. The number of rotatable bonds is 3. The number of carbonyl (C=O) groups excluding carboxylic acids is 1. The highest BCUT2D eigenvalue weighted by molar-refractivity contribution is 7.80. The lowest BCUT2D eigenvalue weighted by atomic mass is 10.5. The molecule has 0 radical (unpaired) electrons. The fraction of sp³-hybridized carbons (Fsp3) is 0.667. The number of amides is 1. The van der Waals surface area contributed by atoms with Gasteiger partial charge in [0.2, 0.25) is 0 Å². The zero-order chi connectivity index (χ0) is 8.85. The molecule has 11 heavy (non-hydrogen) atoms. The maximum absolute atomic E-state index is 10.7. The highest BCUT2D eigenvalue weighted by Crippen LogP contribution is 1.86. The van der Waals surface area contributed by atoms with E-state index in [1.165, 1.54) is 0 Å². The molecule has 0 aromatic heterocycles. The van der Waals surface area contributed by atoms with Crippen molar-refractivity contribution in [2.24, 2.45) is 5.73 Å². The Morgan fingerprint density at radius 2 is 2.27 bits per heavy atom. The Hall–Kier alpha value is -0.840. The average Bonchev–Trinajstić information content (AvgIpc) is 1.82. The van der Waals surface area contributed by atoms with Crippen LogP contribution in [0.25, 0.3) is 0 Å². The Morgan fingerprint density at radius 3 is 2.64 bits per heavy atom. The van der Waals surface area contributed by atoms with Crippen LogP contribution in [0.1, 0.15) is 13.8 Å². The fourth-order valence-electron chi connectivity index (χ4n) is 0.415. The number of nitrogens with two attached hydrogens (primary N) is 1. The number of thiocarbonyl (C=S) groups is 1. The van der Waals surface area contributed by atoms with Gasteiger partial charge in [0.15, 0.2) is 0 Å². The van der Waals surface area contributed by atoms with Crippen LogP contribution in [0.15, 0.2) is 0 Å². The molecule has 4 nitrogen and oxygen atoms in total. The van der Waals surface area contributed by atoms with Gasteiger partial charge in [-0.05, 0) is 13.8 Å². The minimum absolute atomic E-state index is 0.124. The lowest BCUT2D eigenvalue weighted by molar-refractivity contribution is 0.117. The molecule has 0 aromatic rings. The quantitative estimate of drug-likeness (QED) is 0.611. The smallest absolute Gasteiger partial charge is 0.407 e. The van der Waals surface area contributed by atoms with Crippen molar-refractivity contribution < 1.29 is 9.53 Å². The molecule has 0 saturated heterocycles. The van der Waals surface area contributed by atoms with Gasteiger partial charge < -0.3 is 15.8 Å². The highest BCUT2D eigenvalue weighted by Gasteiger charge is 2.03. The molecule has 0 aromatic carbocycles. The number of hydrogen-bond acceptors (Lipinski definition) is 3. The van der Waals surface area contributed by atoms with Crippen molar-refractivity contribution in [1.82, 2.24) is 5.32 Å². The van der Waals surface area contributed by atoms with E-state index in [1.54, 1.807) is 13.8 Å². The van der Waals surface area contributed by atoms with E-state index in [-0.39, 0.29) is 17.6 Å². The van der Waals surface area contributed by atoms with Crippen LogP contribution in [0.3, 0.4) is 0 Å². The summed E-state index contributed by atoms with van der Waals surface area (Å²) in [5.74, 6) is 0. The summed E-state index contributed by atoms with van der Waals surface area (Å²) < 4.78 is 4.74. The molecule has 0 heterocycles. The molecular weight excluding hydrogens is 164 g/mol. The van der Waals surface area contributed by atoms with Crippen LogP contribution in [0, 0.1) is 0 Å². The van der Waals surface area contributed by atoms with E-state index in [4.69, 9.17) is 10.5 Å². The van der Waals surface area contributed by atoms with Gasteiger partial charge in [-0.3, -0.25) is 0 Å². The van der Waals surface area contributed by atoms with Crippen molar-refractivity contribution in [3.05, 3.63) is 0 Å². The Bertz CT molecular complexity index is 159. The van der Waals surface area contributed by atoms with E-state index in [0.717, 1.165) is 0 Å². The molecule has 0 rings (SSSR count). The second-order valence-corrected chi connectivity index (χ2v) is 2.80. The Morgan fingerprint density at radius 1 is 1.73 bits per heavy atom. The molecule has 0 spiro atoms. The first-order valence-corrected chi connectivity index (χ1v) is 3.66. The minimum Gasteiger partial charge on any atom is -0.447 e. The van der Waals surface area contributed by atoms with Crippen LogP contribution >= 0.6 is 12.2 Å². The number of alkyl carbamates (subject to hydrolysis) is 1. The van der Waals surface area contributed by atoms with Crippen LogP contribution in [0.2, 0.25) is 0 Å². The third-order valence-electron chi connectivity index (χ3n) is 0.750. The van der Waals surface area contributed by atoms with Crippen LogP contribution < -0.4 is 11.1 Å². The molecule has 0 aliphatic heterocycles. The predicted octanol–water partition coefficient (Wildman–Crippen LogP) is 0.407. The molecule has 1 amide bonds. The largest absolute Gasteiger partial charge is 0.447 e. The summed E-state index contributed by atoms with van der Waals surface area (Å²) in [5, 5.41) is 2.39. The van der Waals surface area contributed by atoms with E-state index in [0.29, 0.717) is 0 Å². The molecule has 0 aliphatic carbocycles. The van der Waals surface area contributed by atoms with Crippen LogP contribution in [0.5, 0.6) is 0 Å². The maximum Gasteiger partial charge on any atom is 0.407 e. The number of carbonyl (C=O) groups is 1. The summed E-state index contributed by atoms with van der Waals surface area (Å²) >= 11 is 4.54. The van der Waals surface area contributed by atoms with Gasteiger partial charge in [0.1, 0.15) is 0 Å². The fourth-order valence-corrected chi connectivity index (χ4v) is 0.487. The van der Waals surface area contributed by atoms with Gasteiger partial charge in [-0.1, -0.05) is 12.2 Å². The molecule has 0 atom stereocenters. The third-order valence-corrected chi connectivity index (χ3v) is 0.894. The molecule has 0 bridgehead atoms. The summed E-state index contributed by atoms with van der Waals surface area (Å²) in [4.78, 5) is 11.0.